The highest BCUT2D eigenvalue weighted by Gasteiger charge is 2.67. The summed E-state index contributed by atoms with van der Waals surface area (Å²) in [6.07, 6.45) is 9.42. The maximum absolute atomic E-state index is 13.4. The van der Waals surface area contributed by atoms with Gasteiger partial charge in [0.05, 0.1) is 6.04 Å². The number of carbonyl (C=O) groups excluding carboxylic acids is 2. The first-order valence-corrected chi connectivity index (χ1v) is 15.6. The Kier molecular flexibility index (Phi) is 6.14. The Balaban J connectivity index is 1.27. The first-order chi connectivity index (χ1) is 18.8. The maximum Gasteiger partial charge on any atom is 0.308 e. The molecule has 2 bridgehead atoms. The zero-order valence-electron chi connectivity index (χ0n) is 22.2. The highest BCUT2D eigenvalue weighted by atomic mass is 79.9. The molecule has 3 heterocycles. The third kappa shape index (κ3) is 4.06. The van der Waals surface area contributed by atoms with Crippen LogP contribution in [-0.4, -0.2) is 65.1 Å². The number of benzene rings is 1. The molecule has 5 atom stereocenters. The Morgan fingerprint density at radius 1 is 1.31 bits per heavy atom. The van der Waals surface area contributed by atoms with Crippen LogP contribution in [0.15, 0.2) is 28.1 Å². The van der Waals surface area contributed by atoms with Crippen LogP contribution in [0.5, 0.6) is 17.2 Å². The number of phenols is 1. The van der Waals surface area contributed by atoms with Gasteiger partial charge in [0.1, 0.15) is 11.9 Å². The molecule has 9 heteroatoms. The number of nitrogens with zero attached hydrogens (tertiary/aromatic N) is 2. The van der Waals surface area contributed by atoms with Gasteiger partial charge in [-0.1, -0.05) is 0 Å². The number of aromatic hydroxyl groups is 1. The molecule has 3 fully saturated rings. The second kappa shape index (κ2) is 9.35. The summed E-state index contributed by atoms with van der Waals surface area (Å²) >= 11 is 5.06. The van der Waals surface area contributed by atoms with Crippen molar-refractivity contribution in [3.05, 3.63) is 44.1 Å². The van der Waals surface area contributed by atoms with E-state index in [1.54, 1.807) is 23.5 Å². The average molecular weight is 614 g/mol. The maximum atomic E-state index is 13.4. The van der Waals surface area contributed by atoms with Crippen LogP contribution in [0.3, 0.4) is 0 Å². The van der Waals surface area contributed by atoms with Gasteiger partial charge in [0.15, 0.2) is 11.5 Å². The molecule has 5 aliphatic rings. The van der Waals surface area contributed by atoms with E-state index in [-0.39, 0.29) is 29.2 Å². The fourth-order valence-corrected chi connectivity index (χ4v) is 9.34. The Hall–Kier alpha value is -2.36. The van der Waals surface area contributed by atoms with Crippen molar-refractivity contribution in [1.82, 2.24) is 9.80 Å². The Bertz CT molecular complexity index is 1390. The summed E-state index contributed by atoms with van der Waals surface area (Å²) in [6.45, 7) is 3.50. The molecule has 206 valence electrons. The number of piperidine rings is 1. The molecule has 2 aromatic rings. The lowest BCUT2D eigenvalue weighted by molar-refractivity contribution is -0.135. The molecule has 2 aliphatic heterocycles. The van der Waals surface area contributed by atoms with Crippen molar-refractivity contribution in [2.45, 2.75) is 69.1 Å². The summed E-state index contributed by atoms with van der Waals surface area (Å²) in [6, 6.07) is 3.76. The number of carbonyl (C=O) groups is 2. The van der Waals surface area contributed by atoms with Crippen LogP contribution in [-0.2, 0) is 21.4 Å². The van der Waals surface area contributed by atoms with Crippen molar-refractivity contribution >= 4 is 45.2 Å². The van der Waals surface area contributed by atoms with Crippen LogP contribution >= 0.6 is 27.3 Å². The number of likely N-dealkylation sites (N-methyl/N-ethyl adjacent to an activating group) is 1. The number of esters is 1. The molecule has 0 unspecified atom stereocenters. The molecule has 1 aromatic heterocycles. The number of amides is 1. The van der Waals surface area contributed by atoms with E-state index in [0.29, 0.717) is 23.5 Å². The lowest BCUT2D eigenvalue weighted by Crippen LogP contribution is -2.69. The average Bonchev–Trinajstić information content (AvgIpc) is 3.51. The van der Waals surface area contributed by atoms with Gasteiger partial charge in [-0.3, -0.25) is 14.5 Å². The number of hydrogen-bond acceptors (Lipinski definition) is 7. The predicted octanol–water partition coefficient (Wildman–Crippen LogP) is 5.13. The van der Waals surface area contributed by atoms with Crippen molar-refractivity contribution in [3.8, 4) is 17.2 Å². The minimum Gasteiger partial charge on any atom is -0.504 e. The van der Waals surface area contributed by atoms with Gasteiger partial charge in [-0.05, 0) is 85.0 Å². The second-order valence-electron chi connectivity index (χ2n) is 11.9. The second-order valence-corrected chi connectivity index (χ2v) is 13.8. The standard InChI is InChI=1S/C30H33BrN2O5S/c1-16(34)37-25-13-24(35)28-27-20(25)12-23-21-6-7-22(32(2)26(36)8-5-19-11-18(31)15-39-19)29(38-28)30(21,27)9-10-33(23)14-17-3-4-17/h5,8,11,13,15,17,21-23,29,35H,3-4,6-7,9-10,12,14H2,1-2H3/b8-5+/t21-,22+,23+,29-,30-/m0/s1. The first-order valence-electron chi connectivity index (χ1n) is 13.9. The summed E-state index contributed by atoms with van der Waals surface area (Å²) < 4.78 is 13.4. The fraction of sp³-hybridized carbons (Fsp3) is 0.533. The first kappa shape index (κ1) is 25.6. The molecular formula is C30H33BrN2O5S. The number of likely N-dealkylation sites (tertiary alicyclic amines) is 1. The van der Waals surface area contributed by atoms with Crippen LogP contribution < -0.4 is 9.47 Å². The third-order valence-electron chi connectivity index (χ3n) is 9.76. The van der Waals surface area contributed by atoms with E-state index in [1.165, 1.54) is 19.8 Å². The number of thiophene rings is 1. The molecule has 39 heavy (non-hydrogen) atoms. The lowest BCUT2D eigenvalue weighted by Gasteiger charge is -2.60. The Morgan fingerprint density at radius 2 is 2.13 bits per heavy atom. The molecule has 1 spiro atoms. The molecule has 2 saturated carbocycles. The van der Waals surface area contributed by atoms with Gasteiger partial charge in [0, 0.05) is 70.0 Å². The largest absolute Gasteiger partial charge is 0.504 e. The highest BCUT2D eigenvalue weighted by molar-refractivity contribution is 9.10. The molecule has 3 aliphatic carbocycles. The number of halogens is 1. The van der Waals surface area contributed by atoms with E-state index in [4.69, 9.17) is 9.47 Å². The van der Waals surface area contributed by atoms with Crippen molar-refractivity contribution in [3.63, 3.8) is 0 Å². The third-order valence-corrected chi connectivity index (χ3v) is 11.4. The van der Waals surface area contributed by atoms with E-state index in [0.717, 1.165) is 65.2 Å². The van der Waals surface area contributed by atoms with Crippen molar-refractivity contribution in [2.24, 2.45) is 11.8 Å². The van der Waals surface area contributed by atoms with Gasteiger partial charge >= 0.3 is 5.97 Å². The highest BCUT2D eigenvalue weighted by Crippen LogP contribution is 2.65. The van der Waals surface area contributed by atoms with E-state index in [2.05, 4.69) is 20.8 Å². The molecule has 1 amide bonds. The van der Waals surface area contributed by atoms with Crippen molar-refractivity contribution < 1.29 is 24.2 Å². The molecule has 7 nitrogen and oxygen atoms in total. The molecule has 0 radical (unpaired) electrons. The summed E-state index contributed by atoms with van der Waals surface area (Å²) in [7, 11) is 1.87. The van der Waals surface area contributed by atoms with Gasteiger partial charge < -0.3 is 19.5 Å². The normalized spacial score (nSPS) is 30.6. The van der Waals surface area contributed by atoms with Crippen LogP contribution in [0, 0.1) is 11.8 Å². The van der Waals surface area contributed by atoms with Gasteiger partial charge in [0.2, 0.25) is 5.91 Å². The van der Waals surface area contributed by atoms with Crippen LogP contribution in [0.4, 0.5) is 0 Å². The quantitative estimate of drug-likeness (QED) is 0.277. The molecular weight excluding hydrogens is 580 g/mol. The van der Waals surface area contributed by atoms with Crippen LogP contribution in [0.2, 0.25) is 0 Å². The summed E-state index contributed by atoms with van der Waals surface area (Å²) in [5.41, 5.74) is 1.71. The number of rotatable bonds is 6. The predicted molar refractivity (Wildman–Crippen MR) is 152 cm³/mol. The summed E-state index contributed by atoms with van der Waals surface area (Å²) in [5.74, 6) is 1.71. The van der Waals surface area contributed by atoms with Crippen molar-refractivity contribution in [1.29, 1.82) is 0 Å². The fourth-order valence-electron chi connectivity index (χ4n) is 8.00. The summed E-state index contributed by atoms with van der Waals surface area (Å²) in [4.78, 5) is 31.0. The molecule has 1 N–H and O–H groups in total. The van der Waals surface area contributed by atoms with Crippen LogP contribution in [0.1, 0.15) is 55.0 Å². The van der Waals surface area contributed by atoms with E-state index < -0.39 is 5.97 Å². The number of phenolic OH excluding ortho intramolecular Hbond substituents is 1. The minimum absolute atomic E-state index is 0.0160. The van der Waals surface area contributed by atoms with E-state index in [1.807, 2.05) is 29.5 Å². The van der Waals surface area contributed by atoms with Gasteiger partial charge in [-0.15, -0.1) is 11.3 Å². The van der Waals surface area contributed by atoms with E-state index >= 15 is 0 Å². The Morgan fingerprint density at radius 3 is 2.85 bits per heavy atom. The molecule has 1 aromatic carbocycles. The van der Waals surface area contributed by atoms with Gasteiger partial charge in [0.25, 0.3) is 0 Å². The Labute approximate surface area is 240 Å². The van der Waals surface area contributed by atoms with Gasteiger partial charge in [-0.2, -0.15) is 0 Å². The number of hydrogen-bond donors (Lipinski definition) is 1. The van der Waals surface area contributed by atoms with Crippen molar-refractivity contribution in [2.75, 3.05) is 20.1 Å². The monoisotopic (exact) mass is 612 g/mol. The number of ether oxygens (including phenoxy) is 2. The van der Waals surface area contributed by atoms with E-state index in [9.17, 15) is 14.7 Å². The zero-order chi connectivity index (χ0) is 27.1. The SMILES string of the molecule is CC(=O)Oc1cc(O)c2c3c1C[C@@H]1[C@@H]4CC[C@@H](N(C)C(=O)/C=C/c5cc(Br)cs5)[C@H](O2)[C@]34CCN1CC1CC1. The minimum atomic E-state index is -0.392. The smallest absolute Gasteiger partial charge is 0.308 e. The molecule has 1 saturated heterocycles. The molecule has 7 rings (SSSR count). The van der Waals surface area contributed by atoms with Crippen LogP contribution in [0.25, 0.3) is 6.08 Å². The van der Waals surface area contributed by atoms with Gasteiger partial charge in [-0.25, -0.2) is 0 Å². The lowest BCUT2D eigenvalue weighted by atomic mass is 9.50. The topological polar surface area (TPSA) is 79.3 Å². The zero-order valence-corrected chi connectivity index (χ0v) is 24.6. The summed E-state index contributed by atoms with van der Waals surface area (Å²) in [5, 5.41) is 13.1.